The molecule has 0 spiro atoms. The molecule has 144 valence electrons. The number of fused-ring (bicyclic) bond motifs is 3. The van der Waals surface area contributed by atoms with Crippen LogP contribution in [0.15, 0.2) is 70.8 Å². The molecule has 29 heavy (non-hydrogen) atoms. The summed E-state index contributed by atoms with van der Waals surface area (Å²) in [7, 11) is 1.77. The topological polar surface area (TPSA) is 66.7 Å². The molecular formula is C23H20N4OS. The highest BCUT2D eigenvalue weighted by molar-refractivity contribution is 7.14. The van der Waals surface area contributed by atoms with Crippen molar-refractivity contribution in [1.29, 1.82) is 0 Å². The largest absolute Gasteiger partial charge is 0.357 e. The molecule has 0 fully saturated rings. The van der Waals surface area contributed by atoms with Crippen molar-refractivity contribution in [2.24, 2.45) is 9.98 Å². The van der Waals surface area contributed by atoms with Crippen LogP contribution in [0.3, 0.4) is 0 Å². The van der Waals surface area contributed by atoms with E-state index in [1.165, 1.54) is 11.3 Å². The number of hydrogen-bond acceptors (Lipinski definition) is 6. The third kappa shape index (κ3) is 3.11. The number of benzene rings is 1. The van der Waals surface area contributed by atoms with Crippen LogP contribution in [-0.2, 0) is 0 Å². The number of carbonyl (C=O) groups is 1. The second kappa shape index (κ2) is 7.56. The molecule has 1 aliphatic carbocycles. The summed E-state index contributed by atoms with van der Waals surface area (Å²) in [5.41, 5.74) is 5.10. The van der Waals surface area contributed by atoms with Gasteiger partial charge in [0.2, 0.25) is 5.96 Å². The molecule has 2 aromatic rings. The maximum absolute atomic E-state index is 13.5. The summed E-state index contributed by atoms with van der Waals surface area (Å²) in [6, 6.07) is 7.54. The van der Waals surface area contributed by atoms with Gasteiger partial charge in [-0.15, -0.1) is 11.3 Å². The quantitative estimate of drug-likeness (QED) is 0.764. The Labute approximate surface area is 173 Å². The molecule has 4 rings (SSSR count). The number of nitrogens with one attached hydrogen (secondary N) is 1. The van der Waals surface area contributed by atoms with Crippen molar-refractivity contribution in [3.8, 4) is 0 Å². The number of ketones is 1. The van der Waals surface area contributed by atoms with Crippen molar-refractivity contribution in [3.05, 3.63) is 87.6 Å². The van der Waals surface area contributed by atoms with Gasteiger partial charge in [0.15, 0.2) is 5.78 Å². The molecule has 1 N–H and O–H groups in total. The lowest BCUT2D eigenvalue weighted by Crippen LogP contribution is -2.19. The lowest BCUT2D eigenvalue weighted by molar-refractivity contribution is 0.105. The Bertz CT molecular complexity index is 1190. The first kappa shape index (κ1) is 19.0. The third-order valence-electron chi connectivity index (χ3n) is 4.69. The van der Waals surface area contributed by atoms with Gasteiger partial charge in [-0.05, 0) is 13.8 Å². The Kier molecular flexibility index (Phi) is 4.94. The van der Waals surface area contributed by atoms with Crippen LogP contribution in [-0.4, -0.2) is 29.5 Å². The zero-order chi connectivity index (χ0) is 20.5. The fraction of sp³-hybridized carbons (Fsp3) is 0.130. The van der Waals surface area contributed by atoms with Gasteiger partial charge in [0.25, 0.3) is 0 Å². The number of thiazole rings is 1. The van der Waals surface area contributed by atoms with Gasteiger partial charge in [0.05, 0.1) is 16.1 Å². The van der Waals surface area contributed by atoms with E-state index in [9.17, 15) is 4.79 Å². The highest BCUT2D eigenvalue weighted by Crippen LogP contribution is 2.40. The number of aromatic nitrogens is 1. The molecule has 5 nitrogen and oxygen atoms in total. The Morgan fingerprint density at radius 3 is 2.66 bits per heavy atom. The van der Waals surface area contributed by atoms with Gasteiger partial charge in [-0.25, -0.2) is 15.0 Å². The maximum Gasteiger partial charge on any atom is 0.223 e. The van der Waals surface area contributed by atoms with E-state index < -0.39 is 0 Å². The zero-order valence-electron chi connectivity index (χ0n) is 16.5. The summed E-state index contributed by atoms with van der Waals surface area (Å²) < 4.78 is 0. The fourth-order valence-electron chi connectivity index (χ4n) is 3.41. The minimum absolute atomic E-state index is 0.0470. The van der Waals surface area contributed by atoms with Crippen molar-refractivity contribution < 1.29 is 4.79 Å². The molecule has 0 atom stereocenters. The Hall–Kier alpha value is -3.38. The van der Waals surface area contributed by atoms with E-state index in [2.05, 4.69) is 21.9 Å². The predicted octanol–water partition coefficient (Wildman–Crippen LogP) is 4.58. The smallest absolute Gasteiger partial charge is 0.223 e. The lowest BCUT2D eigenvalue weighted by Gasteiger charge is -2.18. The van der Waals surface area contributed by atoms with E-state index in [0.717, 1.165) is 32.4 Å². The van der Waals surface area contributed by atoms with Gasteiger partial charge >= 0.3 is 0 Å². The first-order valence-electron chi connectivity index (χ1n) is 9.26. The molecule has 0 unspecified atom stereocenters. The average Bonchev–Trinajstić information content (AvgIpc) is 3.32. The fourth-order valence-corrected chi connectivity index (χ4v) is 4.53. The van der Waals surface area contributed by atoms with Gasteiger partial charge in [0, 0.05) is 23.7 Å². The minimum Gasteiger partial charge on any atom is -0.357 e. The zero-order valence-corrected chi connectivity index (χ0v) is 17.3. The molecule has 2 heterocycles. The first-order valence-corrected chi connectivity index (χ1v) is 10.1. The number of nitrogens with zero attached hydrogens (tertiary/aromatic N) is 3. The monoisotopic (exact) mass is 400 g/mol. The van der Waals surface area contributed by atoms with E-state index in [4.69, 9.17) is 4.98 Å². The van der Waals surface area contributed by atoms with E-state index in [1.807, 2.05) is 56.3 Å². The SMILES string of the molecule is C=C/C=C(\C=C/C)c1nc(C)c(C2=C3N=C(NC)N=C3c3ccccc3C2=O)s1. The van der Waals surface area contributed by atoms with Crippen LogP contribution in [0.5, 0.6) is 0 Å². The van der Waals surface area contributed by atoms with Gasteiger partial charge in [0.1, 0.15) is 16.4 Å². The number of rotatable bonds is 4. The number of allylic oxidation sites excluding steroid dienone is 7. The number of hydrogen-bond donors (Lipinski definition) is 1. The van der Waals surface area contributed by atoms with Crippen LogP contribution in [0.25, 0.3) is 11.1 Å². The van der Waals surface area contributed by atoms with Crippen LogP contribution in [0, 0.1) is 6.92 Å². The van der Waals surface area contributed by atoms with E-state index in [-0.39, 0.29) is 5.78 Å². The number of guanidine groups is 1. The van der Waals surface area contributed by atoms with Crippen LogP contribution in [0.4, 0.5) is 0 Å². The maximum atomic E-state index is 13.5. The molecule has 0 amide bonds. The molecule has 1 aliphatic heterocycles. The second-order valence-corrected chi connectivity index (χ2v) is 7.53. The molecule has 1 aromatic heterocycles. The highest BCUT2D eigenvalue weighted by Gasteiger charge is 2.36. The number of aryl methyl sites for hydroxylation is 1. The van der Waals surface area contributed by atoms with Gasteiger partial charge in [-0.3, -0.25) is 4.79 Å². The second-order valence-electron chi connectivity index (χ2n) is 6.54. The summed E-state index contributed by atoms with van der Waals surface area (Å²) in [5.74, 6) is 0.454. The van der Waals surface area contributed by atoms with Gasteiger partial charge in [-0.2, -0.15) is 0 Å². The molecule has 0 saturated carbocycles. The van der Waals surface area contributed by atoms with Crippen LogP contribution in [0.1, 0.15) is 38.4 Å². The summed E-state index contributed by atoms with van der Waals surface area (Å²) in [5, 5.41) is 3.82. The molecular weight excluding hydrogens is 380 g/mol. The van der Waals surface area contributed by atoms with Gasteiger partial charge < -0.3 is 5.32 Å². The molecule has 6 heteroatoms. The highest BCUT2D eigenvalue weighted by atomic mass is 32.1. The van der Waals surface area contributed by atoms with Crippen LogP contribution >= 0.6 is 11.3 Å². The summed E-state index contributed by atoms with van der Waals surface area (Å²) in [4.78, 5) is 28.2. The molecule has 1 aromatic carbocycles. The van der Waals surface area contributed by atoms with E-state index in [1.54, 1.807) is 13.1 Å². The van der Waals surface area contributed by atoms with Crippen molar-refractivity contribution in [2.75, 3.05) is 7.05 Å². The number of carbonyl (C=O) groups excluding carboxylic acids is 1. The Morgan fingerprint density at radius 2 is 1.97 bits per heavy atom. The minimum atomic E-state index is -0.0470. The average molecular weight is 401 g/mol. The Balaban J connectivity index is 1.94. The molecule has 0 bridgehead atoms. The van der Waals surface area contributed by atoms with Crippen molar-refractivity contribution in [3.63, 3.8) is 0 Å². The predicted molar refractivity (Wildman–Crippen MR) is 121 cm³/mol. The van der Waals surface area contributed by atoms with Crippen molar-refractivity contribution in [2.45, 2.75) is 13.8 Å². The number of aliphatic imine (C=N–C) groups is 2. The van der Waals surface area contributed by atoms with Crippen molar-refractivity contribution in [1.82, 2.24) is 10.3 Å². The van der Waals surface area contributed by atoms with Crippen molar-refractivity contribution >= 4 is 39.9 Å². The van der Waals surface area contributed by atoms with E-state index >= 15 is 0 Å². The summed E-state index contributed by atoms with van der Waals surface area (Å²) in [6.07, 6.45) is 7.60. The van der Waals surface area contributed by atoms with Crippen LogP contribution < -0.4 is 5.32 Å². The molecule has 0 radical (unpaired) electrons. The first-order chi connectivity index (χ1) is 14.1. The van der Waals surface area contributed by atoms with Crippen LogP contribution in [0.2, 0.25) is 0 Å². The Morgan fingerprint density at radius 1 is 1.21 bits per heavy atom. The lowest BCUT2D eigenvalue weighted by atomic mass is 9.86. The third-order valence-corrected chi connectivity index (χ3v) is 5.91. The van der Waals surface area contributed by atoms with E-state index in [0.29, 0.717) is 22.8 Å². The standard InChI is InChI=1S/C23H20N4OS/c1-5-9-14(10-6-2)22-25-13(3)21(29-22)17-19-18(26-23(24-4)27-19)15-11-7-8-12-16(15)20(17)28/h5-12H,1H2,2-4H3,(H,24,27)/b10-6-,14-9+. The normalized spacial score (nSPS) is 16.0. The summed E-state index contributed by atoms with van der Waals surface area (Å²) >= 11 is 1.49. The number of Topliss-reactive ketones (excluding diaryl/α,β-unsaturated/α-hetero) is 1. The molecule has 2 aliphatic rings. The van der Waals surface area contributed by atoms with Gasteiger partial charge in [-0.1, -0.05) is 55.1 Å². The molecule has 0 saturated heterocycles. The summed E-state index contributed by atoms with van der Waals surface area (Å²) in [6.45, 7) is 7.67.